The molecule has 2 aliphatic rings. The van der Waals surface area contributed by atoms with Crippen LogP contribution in [-0.2, 0) is 17.8 Å². The van der Waals surface area contributed by atoms with Crippen LogP contribution < -0.4 is 0 Å². The molecule has 2 heterocycles. The zero-order valence-electron chi connectivity index (χ0n) is 11.3. The van der Waals surface area contributed by atoms with Crippen LogP contribution >= 0.6 is 0 Å². The number of aromatic nitrogens is 2. The molecule has 102 valence electrons. The van der Waals surface area contributed by atoms with Gasteiger partial charge in [-0.2, -0.15) is 0 Å². The van der Waals surface area contributed by atoms with E-state index in [1.807, 2.05) is 11.1 Å². The Morgan fingerprint density at radius 1 is 1.32 bits per heavy atom. The second-order valence-corrected chi connectivity index (χ2v) is 5.77. The zero-order chi connectivity index (χ0) is 13.1. The summed E-state index contributed by atoms with van der Waals surface area (Å²) in [6.07, 6.45) is 11.5. The molecule has 1 fully saturated rings. The van der Waals surface area contributed by atoms with E-state index >= 15 is 0 Å². The van der Waals surface area contributed by atoms with Gasteiger partial charge in [-0.1, -0.05) is 19.3 Å². The van der Waals surface area contributed by atoms with E-state index in [1.165, 1.54) is 32.1 Å². The number of fused-ring (bicyclic) bond motifs is 1. The Labute approximate surface area is 114 Å². The molecule has 0 unspecified atom stereocenters. The SMILES string of the molecule is O=C(CC1CCCCC1)N1CCc2ncncc2C1. The second-order valence-electron chi connectivity index (χ2n) is 5.77. The van der Waals surface area contributed by atoms with Gasteiger partial charge in [0.2, 0.25) is 5.91 Å². The summed E-state index contributed by atoms with van der Waals surface area (Å²) in [7, 11) is 0. The van der Waals surface area contributed by atoms with Crippen LogP contribution in [0.15, 0.2) is 12.5 Å². The fourth-order valence-electron chi connectivity index (χ4n) is 3.25. The first-order valence-electron chi connectivity index (χ1n) is 7.38. The molecule has 0 radical (unpaired) electrons. The van der Waals surface area contributed by atoms with E-state index < -0.39 is 0 Å². The zero-order valence-corrected chi connectivity index (χ0v) is 11.3. The summed E-state index contributed by atoms with van der Waals surface area (Å²) in [4.78, 5) is 22.7. The smallest absolute Gasteiger partial charge is 0.223 e. The van der Waals surface area contributed by atoms with E-state index in [0.29, 0.717) is 18.4 Å². The van der Waals surface area contributed by atoms with Crippen LogP contribution in [0.4, 0.5) is 0 Å². The van der Waals surface area contributed by atoms with Crippen molar-refractivity contribution in [2.24, 2.45) is 5.92 Å². The highest BCUT2D eigenvalue weighted by Crippen LogP contribution is 2.27. The molecule has 4 nitrogen and oxygen atoms in total. The first-order valence-corrected chi connectivity index (χ1v) is 7.38. The summed E-state index contributed by atoms with van der Waals surface area (Å²) in [5.41, 5.74) is 2.22. The Morgan fingerprint density at radius 2 is 2.16 bits per heavy atom. The Morgan fingerprint density at radius 3 is 3.00 bits per heavy atom. The molecule has 19 heavy (non-hydrogen) atoms. The molecule has 0 N–H and O–H groups in total. The van der Waals surface area contributed by atoms with E-state index in [2.05, 4.69) is 9.97 Å². The largest absolute Gasteiger partial charge is 0.338 e. The third-order valence-corrected chi connectivity index (χ3v) is 4.40. The molecule has 0 spiro atoms. The van der Waals surface area contributed by atoms with Gasteiger partial charge in [-0.25, -0.2) is 9.97 Å². The lowest BCUT2D eigenvalue weighted by atomic mass is 9.86. The summed E-state index contributed by atoms with van der Waals surface area (Å²) >= 11 is 0. The van der Waals surface area contributed by atoms with E-state index in [0.717, 1.165) is 30.6 Å². The van der Waals surface area contributed by atoms with Crippen LogP contribution in [-0.4, -0.2) is 27.3 Å². The second kappa shape index (κ2) is 5.68. The molecule has 0 bridgehead atoms. The molecule has 0 aromatic carbocycles. The maximum absolute atomic E-state index is 12.4. The predicted molar refractivity (Wildman–Crippen MR) is 72.3 cm³/mol. The van der Waals surface area contributed by atoms with Crippen LogP contribution in [0.5, 0.6) is 0 Å². The molecule has 4 heteroatoms. The van der Waals surface area contributed by atoms with Crippen molar-refractivity contribution in [3.63, 3.8) is 0 Å². The molecule has 3 rings (SSSR count). The van der Waals surface area contributed by atoms with Crippen molar-refractivity contribution in [1.82, 2.24) is 14.9 Å². The van der Waals surface area contributed by atoms with Crippen molar-refractivity contribution in [1.29, 1.82) is 0 Å². The van der Waals surface area contributed by atoms with Gasteiger partial charge in [-0.05, 0) is 18.8 Å². The lowest BCUT2D eigenvalue weighted by molar-refractivity contribution is -0.133. The van der Waals surface area contributed by atoms with Crippen LogP contribution in [0, 0.1) is 5.92 Å². The van der Waals surface area contributed by atoms with Gasteiger partial charge in [-0.15, -0.1) is 0 Å². The van der Waals surface area contributed by atoms with Crippen molar-refractivity contribution >= 4 is 5.91 Å². The fraction of sp³-hybridized carbons (Fsp3) is 0.667. The molecule has 1 aromatic rings. The number of hydrogen-bond acceptors (Lipinski definition) is 3. The normalized spacial score (nSPS) is 20.1. The maximum atomic E-state index is 12.4. The van der Waals surface area contributed by atoms with Gasteiger partial charge in [0.05, 0.1) is 5.69 Å². The molecular weight excluding hydrogens is 238 g/mol. The highest BCUT2D eigenvalue weighted by atomic mass is 16.2. The van der Waals surface area contributed by atoms with Crippen molar-refractivity contribution in [3.8, 4) is 0 Å². The molecule has 1 aromatic heterocycles. The number of nitrogens with zero attached hydrogens (tertiary/aromatic N) is 3. The average Bonchev–Trinajstić information content (AvgIpc) is 2.48. The lowest BCUT2D eigenvalue weighted by Gasteiger charge is -2.30. The minimum absolute atomic E-state index is 0.321. The molecule has 0 atom stereocenters. The Balaban J connectivity index is 1.59. The van der Waals surface area contributed by atoms with Gasteiger partial charge in [0.25, 0.3) is 0 Å². The molecule has 1 aliphatic heterocycles. The fourth-order valence-corrected chi connectivity index (χ4v) is 3.25. The summed E-state index contributed by atoms with van der Waals surface area (Å²) in [6, 6.07) is 0. The lowest BCUT2D eigenvalue weighted by Crippen LogP contribution is -2.37. The van der Waals surface area contributed by atoms with Gasteiger partial charge >= 0.3 is 0 Å². The predicted octanol–water partition coefficient (Wildman–Crippen LogP) is 2.33. The highest BCUT2D eigenvalue weighted by molar-refractivity contribution is 5.76. The monoisotopic (exact) mass is 259 g/mol. The number of hydrogen-bond donors (Lipinski definition) is 0. The van der Waals surface area contributed by atoms with Gasteiger partial charge in [0.1, 0.15) is 6.33 Å². The third-order valence-electron chi connectivity index (χ3n) is 4.40. The van der Waals surface area contributed by atoms with Crippen molar-refractivity contribution in [3.05, 3.63) is 23.8 Å². The third kappa shape index (κ3) is 2.94. The summed E-state index contributed by atoms with van der Waals surface area (Å²) in [6.45, 7) is 1.51. The molecule has 1 aliphatic carbocycles. The minimum Gasteiger partial charge on any atom is -0.338 e. The first kappa shape index (κ1) is 12.6. The van der Waals surface area contributed by atoms with Crippen molar-refractivity contribution in [2.75, 3.05) is 6.54 Å². The summed E-state index contributed by atoms with van der Waals surface area (Å²) in [5.74, 6) is 0.941. The molecule has 1 amide bonds. The van der Waals surface area contributed by atoms with Gasteiger partial charge in [-0.3, -0.25) is 4.79 Å². The number of carbonyl (C=O) groups excluding carboxylic acids is 1. The average molecular weight is 259 g/mol. The van der Waals surface area contributed by atoms with Gasteiger partial charge in [0, 0.05) is 37.7 Å². The number of amides is 1. The topological polar surface area (TPSA) is 46.1 Å². The van der Waals surface area contributed by atoms with Crippen LogP contribution in [0.25, 0.3) is 0 Å². The van der Waals surface area contributed by atoms with E-state index in [-0.39, 0.29) is 0 Å². The number of rotatable bonds is 2. The Kier molecular flexibility index (Phi) is 3.76. The molecular formula is C15H21N3O. The van der Waals surface area contributed by atoms with Gasteiger partial charge < -0.3 is 4.90 Å². The van der Waals surface area contributed by atoms with Crippen LogP contribution in [0.1, 0.15) is 49.8 Å². The summed E-state index contributed by atoms with van der Waals surface area (Å²) in [5, 5.41) is 0. The Hall–Kier alpha value is -1.45. The first-order chi connectivity index (χ1) is 9.33. The van der Waals surface area contributed by atoms with Crippen molar-refractivity contribution < 1.29 is 4.79 Å². The highest BCUT2D eigenvalue weighted by Gasteiger charge is 2.24. The van der Waals surface area contributed by atoms with Gasteiger partial charge in [0.15, 0.2) is 0 Å². The van der Waals surface area contributed by atoms with E-state index in [9.17, 15) is 4.79 Å². The minimum atomic E-state index is 0.321. The quantitative estimate of drug-likeness (QED) is 0.819. The van der Waals surface area contributed by atoms with Crippen LogP contribution in [0.3, 0.4) is 0 Å². The number of carbonyl (C=O) groups is 1. The van der Waals surface area contributed by atoms with Crippen molar-refractivity contribution in [2.45, 2.75) is 51.5 Å². The molecule has 0 saturated heterocycles. The maximum Gasteiger partial charge on any atom is 0.223 e. The standard InChI is InChI=1S/C15H21N3O/c19-15(8-12-4-2-1-3-5-12)18-7-6-14-13(10-18)9-16-11-17-14/h9,11-12H,1-8,10H2. The van der Waals surface area contributed by atoms with E-state index in [4.69, 9.17) is 0 Å². The Bertz CT molecular complexity index is 454. The summed E-state index contributed by atoms with van der Waals surface area (Å²) < 4.78 is 0. The molecule has 1 saturated carbocycles. The van der Waals surface area contributed by atoms with E-state index in [1.54, 1.807) is 6.33 Å². The van der Waals surface area contributed by atoms with Crippen LogP contribution in [0.2, 0.25) is 0 Å².